The van der Waals surface area contributed by atoms with Crippen molar-refractivity contribution < 1.29 is 14.0 Å². The molecular weight excluding hydrogens is 340 g/mol. The van der Waals surface area contributed by atoms with E-state index in [1.54, 1.807) is 0 Å². The highest BCUT2D eigenvalue weighted by atomic mass is 16.6. The summed E-state index contributed by atoms with van der Waals surface area (Å²) in [5.41, 5.74) is 6.00. The molecule has 0 aliphatic carbocycles. The molecule has 0 spiro atoms. The van der Waals surface area contributed by atoms with Gasteiger partial charge in [0, 0.05) is 12.1 Å². The Morgan fingerprint density at radius 3 is 2.56 bits per heavy atom. The number of nitrogens with one attached hydrogen (secondary N) is 1. The average molecular weight is 366 g/mol. The first-order chi connectivity index (χ1) is 13.3. The molecule has 0 fully saturated rings. The number of hydrogen-bond acceptors (Lipinski definition) is 5. The van der Waals surface area contributed by atoms with E-state index in [0.29, 0.717) is 19.1 Å². The van der Waals surface area contributed by atoms with Crippen molar-refractivity contribution in [2.75, 3.05) is 13.2 Å². The Morgan fingerprint density at radius 2 is 1.81 bits per heavy atom. The summed E-state index contributed by atoms with van der Waals surface area (Å²) in [7, 11) is 0. The first kappa shape index (κ1) is 19.1. The summed E-state index contributed by atoms with van der Waals surface area (Å²) in [6.45, 7) is 5.80. The molecular formula is C22H26N2O3. The molecule has 0 aliphatic rings. The van der Waals surface area contributed by atoms with Gasteiger partial charge in [0.15, 0.2) is 0 Å². The zero-order valence-electron chi connectivity index (χ0n) is 15.9. The molecule has 0 bridgehead atoms. The quantitative estimate of drug-likeness (QED) is 0.416. The van der Waals surface area contributed by atoms with Gasteiger partial charge < -0.3 is 14.0 Å². The maximum Gasteiger partial charge on any atom is 0.226 e. The van der Waals surface area contributed by atoms with Gasteiger partial charge in [-0.25, -0.2) is 10.5 Å². The van der Waals surface area contributed by atoms with Crippen molar-refractivity contribution >= 4 is 0 Å². The topological polar surface area (TPSA) is 56.5 Å². The zero-order valence-corrected chi connectivity index (χ0v) is 15.9. The molecule has 0 atom stereocenters. The maximum absolute atomic E-state index is 5.88. The van der Waals surface area contributed by atoms with Gasteiger partial charge in [-0.05, 0) is 56.5 Å². The van der Waals surface area contributed by atoms with E-state index in [4.69, 9.17) is 14.0 Å². The molecule has 1 aromatic heterocycles. The summed E-state index contributed by atoms with van der Waals surface area (Å²) < 4.78 is 11.7. The van der Waals surface area contributed by atoms with Crippen LogP contribution in [0.4, 0.5) is 0 Å². The van der Waals surface area contributed by atoms with E-state index in [0.717, 1.165) is 42.2 Å². The Kier molecular flexibility index (Phi) is 7.02. The van der Waals surface area contributed by atoms with Gasteiger partial charge in [0.1, 0.15) is 23.8 Å². The predicted molar refractivity (Wildman–Crippen MR) is 105 cm³/mol. The number of hydrogen-bond donors (Lipinski definition) is 1. The molecule has 0 radical (unpaired) electrons. The highest BCUT2D eigenvalue weighted by Gasteiger charge is 2.11. The van der Waals surface area contributed by atoms with Crippen molar-refractivity contribution in [1.82, 2.24) is 10.5 Å². The number of aryl methyl sites for hydroxylation is 2. The van der Waals surface area contributed by atoms with Crippen molar-refractivity contribution in [2.45, 2.75) is 33.3 Å². The summed E-state index contributed by atoms with van der Waals surface area (Å²) in [4.78, 5) is 9.69. The Balaban J connectivity index is 1.51. The van der Waals surface area contributed by atoms with Crippen LogP contribution in [0.5, 0.6) is 5.75 Å². The number of benzene rings is 2. The van der Waals surface area contributed by atoms with E-state index in [1.165, 1.54) is 5.56 Å². The molecule has 0 aliphatic heterocycles. The van der Waals surface area contributed by atoms with Crippen LogP contribution in [0.1, 0.15) is 30.4 Å². The van der Waals surface area contributed by atoms with Crippen LogP contribution in [0.25, 0.3) is 11.5 Å². The minimum atomic E-state index is 0.389. The molecule has 2 aromatic carbocycles. The SMILES string of the molecule is CCONCCCc1ccc(OCc2nc(-c3ccccc3)oc2C)cc1. The van der Waals surface area contributed by atoms with Crippen LogP contribution < -0.4 is 10.2 Å². The second kappa shape index (κ2) is 9.90. The van der Waals surface area contributed by atoms with Gasteiger partial charge in [0.25, 0.3) is 0 Å². The van der Waals surface area contributed by atoms with Crippen LogP contribution in [0.2, 0.25) is 0 Å². The zero-order chi connectivity index (χ0) is 18.9. The van der Waals surface area contributed by atoms with E-state index in [9.17, 15) is 0 Å². The Morgan fingerprint density at radius 1 is 1.04 bits per heavy atom. The fourth-order valence-electron chi connectivity index (χ4n) is 2.71. The smallest absolute Gasteiger partial charge is 0.226 e. The largest absolute Gasteiger partial charge is 0.487 e. The van der Waals surface area contributed by atoms with E-state index in [-0.39, 0.29) is 0 Å². The number of oxazole rings is 1. The molecule has 0 saturated heterocycles. The summed E-state index contributed by atoms with van der Waals surface area (Å²) in [5.74, 6) is 2.24. The van der Waals surface area contributed by atoms with Gasteiger partial charge in [-0.15, -0.1) is 0 Å². The number of ether oxygens (including phenoxy) is 1. The highest BCUT2D eigenvalue weighted by Crippen LogP contribution is 2.22. The molecule has 0 unspecified atom stereocenters. The summed E-state index contributed by atoms with van der Waals surface area (Å²) in [6.07, 6.45) is 2.03. The Bertz CT molecular complexity index is 813. The number of rotatable bonds is 10. The minimum absolute atomic E-state index is 0.389. The lowest BCUT2D eigenvalue weighted by Gasteiger charge is -2.07. The summed E-state index contributed by atoms with van der Waals surface area (Å²) in [6, 6.07) is 18.1. The van der Waals surface area contributed by atoms with Crippen molar-refractivity contribution in [3.63, 3.8) is 0 Å². The van der Waals surface area contributed by atoms with Gasteiger partial charge in [0.05, 0.1) is 6.61 Å². The van der Waals surface area contributed by atoms with E-state index < -0.39 is 0 Å². The second-order valence-electron chi connectivity index (χ2n) is 6.25. The van der Waals surface area contributed by atoms with Crippen LogP contribution in [0.15, 0.2) is 59.0 Å². The van der Waals surface area contributed by atoms with E-state index >= 15 is 0 Å². The lowest BCUT2D eigenvalue weighted by atomic mass is 10.1. The van der Waals surface area contributed by atoms with Crippen molar-refractivity contribution in [1.29, 1.82) is 0 Å². The number of nitrogens with zero attached hydrogens (tertiary/aromatic N) is 1. The van der Waals surface area contributed by atoms with Gasteiger partial charge in [-0.1, -0.05) is 30.3 Å². The molecule has 3 rings (SSSR count). The molecule has 142 valence electrons. The second-order valence-corrected chi connectivity index (χ2v) is 6.25. The third-order valence-electron chi connectivity index (χ3n) is 4.20. The summed E-state index contributed by atoms with van der Waals surface area (Å²) in [5, 5.41) is 0. The van der Waals surface area contributed by atoms with E-state index in [2.05, 4.69) is 22.6 Å². The Labute approximate surface area is 160 Å². The lowest BCUT2D eigenvalue weighted by molar-refractivity contribution is 0.0505. The van der Waals surface area contributed by atoms with Gasteiger partial charge in [-0.3, -0.25) is 0 Å². The van der Waals surface area contributed by atoms with Gasteiger partial charge >= 0.3 is 0 Å². The molecule has 0 amide bonds. The third-order valence-corrected chi connectivity index (χ3v) is 4.20. The van der Waals surface area contributed by atoms with Crippen molar-refractivity contribution in [3.05, 3.63) is 71.6 Å². The first-order valence-corrected chi connectivity index (χ1v) is 9.34. The van der Waals surface area contributed by atoms with Crippen LogP contribution in [-0.2, 0) is 17.9 Å². The lowest BCUT2D eigenvalue weighted by Crippen LogP contribution is -2.16. The van der Waals surface area contributed by atoms with Crippen LogP contribution in [0, 0.1) is 6.92 Å². The molecule has 0 saturated carbocycles. The molecule has 1 heterocycles. The van der Waals surface area contributed by atoms with Gasteiger partial charge in [0.2, 0.25) is 5.89 Å². The molecule has 27 heavy (non-hydrogen) atoms. The fraction of sp³-hybridized carbons (Fsp3) is 0.318. The number of aromatic nitrogens is 1. The van der Waals surface area contributed by atoms with Crippen LogP contribution in [0.3, 0.4) is 0 Å². The average Bonchev–Trinajstić information content (AvgIpc) is 3.08. The standard InChI is InChI=1S/C22H26N2O3/c1-3-26-23-15-7-8-18-11-13-20(14-12-18)25-16-21-17(2)27-22(24-21)19-9-5-4-6-10-19/h4-6,9-14,23H,3,7-8,15-16H2,1-2H3. The fourth-order valence-corrected chi connectivity index (χ4v) is 2.71. The third kappa shape index (κ3) is 5.67. The Hall–Kier alpha value is -2.63. The van der Waals surface area contributed by atoms with Crippen LogP contribution in [-0.4, -0.2) is 18.1 Å². The van der Waals surface area contributed by atoms with Gasteiger partial charge in [-0.2, -0.15) is 0 Å². The molecule has 1 N–H and O–H groups in total. The monoisotopic (exact) mass is 366 g/mol. The maximum atomic E-state index is 5.88. The molecule has 5 nitrogen and oxygen atoms in total. The highest BCUT2D eigenvalue weighted by molar-refractivity contribution is 5.53. The summed E-state index contributed by atoms with van der Waals surface area (Å²) >= 11 is 0. The van der Waals surface area contributed by atoms with Crippen LogP contribution >= 0.6 is 0 Å². The minimum Gasteiger partial charge on any atom is -0.487 e. The number of hydroxylamine groups is 1. The predicted octanol–water partition coefficient (Wildman–Crippen LogP) is 4.70. The molecule has 3 aromatic rings. The molecule has 5 heteroatoms. The van der Waals surface area contributed by atoms with E-state index in [1.807, 2.05) is 56.3 Å². The van der Waals surface area contributed by atoms with Crippen molar-refractivity contribution in [2.24, 2.45) is 0 Å². The van der Waals surface area contributed by atoms with Crippen molar-refractivity contribution in [3.8, 4) is 17.2 Å². The first-order valence-electron chi connectivity index (χ1n) is 9.34. The normalized spacial score (nSPS) is 10.9.